The van der Waals surface area contributed by atoms with Crippen molar-refractivity contribution in [1.29, 1.82) is 0 Å². The summed E-state index contributed by atoms with van der Waals surface area (Å²) in [5, 5.41) is 9.51. The van der Waals surface area contributed by atoms with Crippen LogP contribution in [0.15, 0.2) is 0 Å². The maximum Gasteiger partial charge on any atom is 0.0551 e. The van der Waals surface area contributed by atoms with Crippen molar-refractivity contribution in [2.75, 3.05) is 0 Å². The second kappa shape index (κ2) is 2.73. The van der Waals surface area contributed by atoms with Crippen LogP contribution >= 0.6 is 0 Å². The van der Waals surface area contributed by atoms with Crippen LogP contribution in [0.1, 0.15) is 54.4 Å². The number of hydrogen-bond donors (Lipinski definition) is 1. The average molecular weight is 184 g/mol. The molecule has 0 spiro atoms. The normalized spacial score (nSPS) is 24.2. The van der Waals surface area contributed by atoms with Gasteiger partial charge in [-0.25, -0.2) is 0 Å². The molecule has 0 unspecified atom stereocenters. The van der Waals surface area contributed by atoms with E-state index in [-0.39, 0.29) is 6.10 Å². The van der Waals surface area contributed by atoms with E-state index in [4.69, 9.17) is 0 Å². The number of aliphatic hydroxyl groups is 1. The van der Waals surface area contributed by atoms with Gasteiger partial charge in [0.1, 0.15) is 0 Å². The van der Waals surface area contributed by atoms with Crippen LogP contribution in [0.25, 0.3) is 0 Å². The van der Waals surface area contributed by atoms with E-state index in [2.05, 4.69) is 41.5 Å². The van der Waals surface area contributed by atoms with Crippen molar-refractivity contribution in [2.24, 2.45) is 16.2 Å². The second-order valence-electron chi connectivity index (χ2n) is 6.64. The monoisotopic (exact) mass is 184 g/mol. The highest BCUT2D eigenvalue weighted by atomic mass is 16.3. The Morgan fingerprint density at radius 3 is 1.31 bits per heavy atom. The van der Waals surface area contributed by atoms with Gasteiger partial charge in [0.25, 0.3) is 0 Å². The molecule has 1 nitrogen and oxygen atoms in total. The van der Waals surface area contributed by atoms with Crippen molar-refractivity contribution in [3.63, 3.8) is 0 Å². The fourth-order valence-corrected chi connectivity index (χ4v) is 3.09. The van der Waals surface area contributed by atoms with Gasteiger partial charge in [0.2, 0.25) is 0 Å². The van der Waals surface area contributed by atoms with Gasteiger partial charge in [-0.15, -0.1) is 0 Å². The predicted octanol–water partition coefficient (Wildman–Crippen LogP) is 3.22. The summed E-state index contributed by atoms with van der Waals surface area (Å²) >= 11 is 0. The molecule has 0 amide bonds. The molecule has 0 atom stereocenters. The van der Waals surface area contributed by atoms with Gasteiger partial charge in [-0.2, -0.15) is 0 Å². The molecule has 0 aromatic carbocycles. The minimum Gasteiger partial charge on any atom is -0.393 e. The number of hydrogen-bond acceptors (Lipinski definition) is 1. The summed E-state index contributed by atoms with van der Waals surface area (Å²) in [6.45, 7) is 13.8. The fraction of sp³-hybridized carbons (Fsp3) is 1.00. The Kier molecular flexibility index (Phi) is 2.31. The molecular formula is C12H24O. The van der Waals surface area contributed by atoms with Crippen LogP contribution in [0.5, 0.6) is 0 Å². The minimum atomic E-state index is -0.0570. The molecule has 1 N–H and O–H groups in total. The van der Waals surface area contributed by atoms with Crippen LogP contribution in [-0.2, 0) is 0 Å². The van der Waals surface area contributed by atoms with E-state index in [1.54, 1.807) is 0 Å². The maximum atomic E-state index is 9.51. The predicted molar refractivity (Wildman–Crippen MR) is 56.6 cm³/mol. The highest BCUT2D eigenvalue weighted by Gasteiger charge is 2.57. The molecule has 1 saturated carbocycles. The maximum absolute atomic E-state index is 9.51. The lowest BCUT2D eigenvalue weighted by molar-refractivity contribution is -0.165. The summed E-state index contributed by atoms with van der Waals surface area (Å²) < 4.78 is 0. The van der Waals surface area contributed by atoms with Crippen LogP contribution in [0.3, 0.4) is 0 Å². The zero-order valence-corrected chi connectivity index (χ0v) is 9.94. The molecule has 1 heteroatoms. The molecule has 0 saturated heterocycles. The van der Waals surface area contributed by atoms with Crippen LogP contribution in [-0.4, -0.2) is 11.2 Å². The zero-order valence-electron chi connectivity index (χ0n) is 9.94. The summed E-state index contributed by atoms with van der Waals surface area (Å²) in [6.07, 6.45) is 1.89. The Balaban J connectivity index is 2.93. The standard InChI is InChI=1S/C12H24O/c1-10(2,3)12(11(4,5)6)7-9(13)8-12/h9,13H,7-8H2,1-6H3. The van der Waals surface area contributed by atoms with Gasteiger partial charge in [-0.3, -0.25) is 0 Å². The Morgan fingerprint density at radius 1 is 0.923 bits per heavy atom. The summed E-state index contributed by atoms with van der Waals surface area (Å²) in [5.74, 6) is 0. The minimum absolute atomic E-state index is 0.0570. The van der Waals surface area contributed by atoms with Gasteiger partial charge >= 0.3 is 0 Å². The number of rotatable bonds is 0. The van der Waals surface area contributed by atoms with Crippen LogP contribution in [0.2, 0.25) is 0 Å². The third-order valence-corrected chi connectivity index (χ3v) is 4.04. The first-order valence-electron chi connectivity index (χ1n) is 5.28. The average Bonchev–Trinajstić information content (AvgIpc) is 1.74. The molecule has 1 aliphatic rings. The van der Waals surface area contributed by atoms with E-state index in [0.29, 0.717) is 16.2 Å². The van der Waals surface area contributed by atoms with Gasteiger partial charge in [0, 0.05) is 0 Å². The molecule has 0 aromatic rings. The quantitative estimate of drug-likeness (QED) is 0.613. The Bertz CT molecular complexity index is 170. The van der Waals surface area contributed by atoms with Crippen molar-refractivity contribution in [2.45, 2.75) is 60.5 Å². The van der Waals surface area contributed by atoms with Crippen molar-refractivity contribution >= 4 is 0 Å². The first-order chi connectivity index (χ1) is 5.60. The van der Waals surface area contributed by atoms with E-state index in [0.717, 1.165) is 12.8 Å². The van der Waals surface area contributed by atoms with Crippen molar-refractivity contribution in [3.8, 4) is 0 Å². The molecule has 0 bridgehead atoms. The van der Waals surface area contributed by atoms with Crippen LogP contribution < -0.4 is 0 Å². The van der Waals surface area contributed by atoms with E-state index in [1.165, 1.54) is 0 Å². The van der Waals surface area contributed by atoms with Gasteiger partial charge < -0.3 is 5.11 Å². The summed E-state index contributed by atoms with van der Waals surface area (Å²) in [4.78, 5) is 0. The molecule has 1 rings (SSSR count). The van der Waals surface area contributed by atoms with Crippen molar-refractivity contribution in [3.05, 3.63) is 0 Å². The lowest BCUT2D eigenvalue weighted by Crippen LogP contribution is -2.57. The summed E-state index contributed by atoms with van der Waals surface area (Å²) in [5.41, 5.74) is 0.911. The highest BCUT2D eigenvalue weighted by Crippen LogP contribution is 2.63. The van der Waals surface area contributed by atoms with E-state index in [1.807, 2.05) is 0 Å². The molecule has 0 heterocycles. The smallest absolute Gasteiger partial charge is 0.0551 e. The molecule has 0 aliphatic heterocycles. The SMILES string of the molecule is CC(C)(C)C1(C(C)(C)C)CC(O)C1. The molecule has 0 aromatic heterocycles. The molecule has 1 aliphatic carbocycles. The third kappa shape index (κ3) is 1.52. The highest BCUT2D eigenvalue weighted by molar-refractivity contribution is 5.07. The Labute approximate surface area is 82.5 Å². The first-order valence-corrected chi connectivity index (χ1v) is 5.28. The van der Waals surface area contributed by atoms with Gasteiger partial charge in [-0.1, -0.05) is 41.5 Å². The van der Waals surface area contributed by atoms with Crippen LogP contribution in [0, 0.1) is 16.2 Å². The zero-order chi connectivity index (χ0) is 10.5. The molecular weight excluding hydrogens is 160 g/mol. The van der Waals surface area contributed by atoms with E-state index in [9.17, 15) is 5.11 Å². The Morgan fingerprint density at radius 2 is 1.23 bits per heavy atom. The fourth-order valence-electron chi connectivity index (χ4n) is 3.09. The van der Waals surface area contributed by atoms with Crippen molar-refractivity contribution in [1.82, 2.24) is 0 Å². The van der Waals surface area contributed by atoms with E-state index < -0.39 is 0 Å². The van der Waals surface area contributed by atoms with Crippen molar-refractivity contribution < 1.29 is 5.11 Å². The third-order valence-electron chi connectivity index (χ3n) is 4.04. The van der Waals surface area contributed by atoms with Crippen LogP contribution in [0.4, 0.5) is 0 Å². The lowest BCUT2D eigenvalue weighted by atomic mass is 9.44. The van der Waals surface area contributed by atoms with Gasteiger partial charge in [-0.05, 0) is 29.1 Å². The molecule has 78 valence electrons. The van der Waals surface area contributed by atoms with Gasteiger partial charge in [0.05, 0.1) is 6.10 Å². The molecule has 1 fully saturated rings. The summed E-state index contributed by atoms with van der Waals surface area (Å²) in [6, 6.07) is 0. The topological polar surface area (TPSA) is 20.2 Å². The van der Waals surface area contributed by atoms with Gasteiger partial charge in [0.15, 0.2) is 0 Å². The molecule has 13 heavy (non-hydrogen) atoms. The first kappa shape index (κ1) is 11.0. The Hall–Kier alpha value is -0.0400. The lowest BCUT2D eigenvalue weighted by Gasteiger charge is -2.61. The molecule has 0 radical (unpaired) electrons. The second-order valence-corrected chi connectivity index (χ2v) is 6.64. The number of aliphatic hydroxyl groups excluding tert-OH is 1. The van der Waals surface area contributed by atoms with E-state index >= 15 is 0 Å². The largest absolute Gasteiger partial charge is 0.393 e. The summed E-state index contributed by atoms with van der Waals surface area (Å²) in [7, 11) is 0.